The minimum Gasteiger partial charge on any atom is -0.297 e. The van der Waals surface area contributed by atoms with Crippen LogP contribution >= 0.6 is 27.5 Å². The van der Waals surface area contributed by atoms with Crippen molar-refractivity contribution >= 4 is 33.3 Å². The normalized spacial score (nSPS) is 13.6. The van der Waals surface area contributed by atoms with Crippen molar-refractivity contribution in [3.63, 3.8) is 0 Å². The summed E-state index contributed by atoms with van der Waals surface area (Å²) in [4.78, 5) is 10.3. The highest BCUT2D eigenvalue weighted by Gasteiger charge is 2.05. The Labute approximate surface area is 56.2 Å². The van der Waals surface area contributed by atoms with Crippen molar-refractivity contribution in [3.8, 4) is 0 Å². The van der Waals surface area contributed by atoms with Crippen LogP contribution in [0.3, 0.4) is 0 Å². The van der Waals surface area contributed by atoms with Gasteiger partial charge in [0.05, 0.1) is 0 Å². The van der Waals surface area contributed by atoms with Crippen LogP contribution in [-0.4, -0.2) is 10.1 Å². The van der Waals surface area contributed by atoms with Gasteiger partial charge >= 0.3 is 0 Å². The lowest BCUT2D eigenvalue weighted by Gasteiger charge is -1.91. The number of hydrogen-bond donors (Lipinski definition) is 0. The molecule has 0 aromatic rings. The second kappa shape index (κ2) is 3.44. The first-order valence-electron chi connectivity index (χ1n) is 1.99. The highest BCUT2D eigenvalue weighted by molar-refractivity contribution is 9.10. The van der Waals surface area contributed by atoms with Crippen LogP contribution in [0.2, 0.25) is 0 Å². The largest absolute Gasteiger partial charge is 0.297 e. The smallest absolute Gasteiger partial charge is 0.161 e. The van der Waals surface area contributed by atoms with Crippen molar-refractivity contribution in [2.75, 3.05) is 0 Å². The van der Waals surface area contributed by atoms with Gasteiger partial charge in [0.1, 0.15) is 4.29 Å². The van der Waals surface area contributed by atoms with Gasteiger partial charge in [0.15, 0.2) is 5.78 Å². The first-order valence-corrected chi connectivity index (χ1v) is 3.34. The third-order valence-corrected chi connectivity index (χ3v) is 1.35. The van der Waals surface area contributed by atoms with E-state index in [1.54, 1.807) is 6.92 Å². The molecule has 0 fully saturated rings. The molecule has 0 heterocycles. The summed E-state index contributed by atoms with van der Waals surface area (Å²) < 4.78 is -0.488. The monoisotopic (exact) mass is 184 g/mol. The zero-order valence-corrected chi connectivity index (χ0v) is 6.29. The molecule has 0 rings (SSSR count). The fraction of sp³-hybridized carbons (Fsp3) is 0.750. The number of rotatable bonds is 2. The Morgan fingerprint density at radius 1 is 2.00 bits per heavy atom. The molecule has 1 unspecified atom stereocenters. The van der Waals surface area contributed by atoms with Gasteiger partial charge in [-0.25, -0.2) is 0 Å². The van der Waals surface area contributed by atoms with Gasteiger partial charge in [-0.15, -0.1) is 11.6 Å². The van der Waals surface area contributed by atoms with Crippen LogP contribution in [0.4, 0.5) is 0 Å². The Bertz CT molecular complexity index is 72.1. The second-order valence-corrected chi connectivity index (χ2v) is 3.00. The number of hydrogen-bond acceptors (Lipinski definition) is 1. The summed E-state index contributed by atoms with van der Waals surface area (Å²) in [6.45, 7) is 1.78. The molecule has 1 atom stereocenters. The van der Waals surface area contributed by atoms with Crippen molar-refractivity contribution in [1.82, 2.24) is 0 Å². The molecule has 0 N–H and O–H groups in total. The van der Waals surface area contributed by atoms with Crippen LogP contribution in [0, 0.1) is 0 Å². The number of carbonyl (C=O) groups excluding carboxylic acids is 1. The lowest BCUT2D eigenvalue weighted by molar-refractivity contribution is -0.116. The van der Waals surface area contributed by atoms with E-state index in [0.29, 0.717) is 6.42 Å². The van der Waals surface area contributed by atoms with Gasteiger partial charge in [-0.05, 0) is 0 Å². The molecule has 0 amide bonds. The minimum absolute atomic E-state index is 0.0293. The van der Waals surface area contributed by atoms with Gasteiger partial charge in [-0.1, -0.05) is 22.9 Å². The molecule has 0 saturated carbocycles. The van der Waals surface area contributed by atoms with E-state index in [1.807, 2.05) is 0 Å². The van der Waals surface area contributed by atoms with Gasteiger partial charge in [-0.2, -0.15) is 0 Å². The Balaban J connectivity index is 3.35. The van der Waals surface area contributed by atoms with Crippen LogP contribution in [0.1, 0.15) is 13.3 Å². The average Bonchev–Trinajstić information content (AvgIpc) is 1.65. The van der Waals surface area contributed by atoms with E-state index in [-0.39, 0.29) is 5.78 Å². The zero-order chi connectivity index (χ0) is 5.86. The van der Waals surface area contributed by atoms with E-state index in [4.69, 9.17) is 11.6 Å². The number of ketones is 1. The highest BCUT2D eigenvalue weighted by atomic mass is 79.9. The van der Waals surface area contributed by atoms with Crippen molar-refractivity contribution < 1.29 is 4.79 Å². The molecule has 0 saturated heterocycles. The maximum absolute atomic E-state index is 10.3. The Morgan fingerprint density at radius 2 is 2.43 bits per heavy atom. The summed E-state index contributed by atoms with van der Waals surface area (Å²) in [6, 6.07) is 0. The molecule has 7 heavy (non-hydrogen) atoms. The number of halogens is 2. The first kappa shape index (κ1) is 7.44. The molecule has 0 aliphatic heterocycles. The summed E-state index contributed by atoms with van der Waals surface area (Å²) in [5.74, 6) is 0.0293. The first-order chi connectivity index (χ1) is 3.18. The summed E-state index contributed by atoms with van der Waals surface area (Å²) in [5.41, 5.74) is 0. The Hall–Kier alpha value is 0.440. The highest BCUT2D eigenvalue weighted by Crippen LogP contribution is 2.06. The van der Waals surface area contributed by atoms with Gasteiger partial charge in [-0.3, -0.25) is 4.79 Å². The van der Waals surface area contributed by atoms with Crippen molar-refractivity contribution in [1.29, 1.82) is 0 Å². The van der Waals surface area contributed by atoms with Crippen LogP contribution < -0.4 is 0 Å². The van der Waals surface area contributed by atoms with Crippen molar-refractivity contribution in [3.05, 3.63) is 0 Å². The number of Topliss-reactive ketones (excluding diaryl/α,β-unsaturated/α-hetero) is 1. The third-order valence-electron chi connectivity index (χ3n) is 0.592. The van der Waals surface area contributed by atoms with E-state index in [0.717, 1.165) is 0 Å². The topological polar surface area (TPSA) is 17.1 Å². The van der Waals surface area contributed by atoms with Crippen LogP contribution in [0.15, 0.2) is 0 Å². The van der Waals surface area contributed by atoms with Crippen LogP contribution in [-0.2, 0) is 4.79 Å². The molecular formula is C4H6BrClO. The molecule has 42 valence electrons. The van der Waals surface area contributed by atoms with E-state index in [1.165, 1.54) is 0 Å². The number of carbonyl (C=O) groups is 1. The van der Waals surface area contributed by atoms with E-state index < -0.39 is 4.29 Å². The van der Waals surface area contributed by atoms with E-state index >= 15 is 0 Å². The molecular weight excluding hydrogens is 179 g/mol. The summed E-state index contributed by atoms with van der Waals surface area (Å²) in [6.07, 6.45) is 0.499. The van der Waals surface area contributed by atoms with Gasteiger partial charge in [0.2, 0.25) is 0 Å². The molecule has 1 nitrogen and oxygen atoms in total. The molecule has 0 bridgehead atoms. The van der Waals surface area contributed by atoms with Crippen molar-refractivity contribution in [2.45, 2.75) is 17.6 Å². The molecule has 0 aliphatic rings. The molecule has 0 radical (unpaired) electrons. The molecule has 0 aromatic heterocycles. The SMILES string of the molecule is CCC(=O)C(Cl)Br. The zero-order valence-electron chi connectivity index (χ0n) is 3.95. The minimum atomic E-state index is -0.488. The lowest BCUT2D eigenvalue weighted by Crippen LogP contribution is -2.03. The van der Waals surface area contributed by atoms with E-state index in [2.05, 4.69) is 15.9 Å². The summed E-state index contributed by atoms with van der Waals surface area (Å²) >= 11 is 8.21. The molecule has 0 aliphatic carbocycles. The average molecular weight is 185 g/mol. The third kappa shape index (κ3) is 3.06. The van der Waals surface area contributed by atoms with E-state index in [9.17, 15) is 4.79 Å². The van der Waals surface area contributed by atoms with Gasteiger partial charge in [0, 0.05) is 6.42 Å². The quantitative estimate of drug-likeness (QED) is 0.601. The van der Waals surface area contributed by atoms with Crippen LogP contribution in [0.5, 0.6) is 0 Å². The van der Waals surface area contributed by atoms with Gasteiger partial charge < -0.3 is 0 Å². The van der Waals surface area contributed by atoms with Crippen LogP contribution in [0.25, 0.3) is 0 Å². The molecule has 0 aromatic carbocycles. The second-order valence-electron chi connectivity index (χ2n) is 1.12. The summed E-state index contributed by atoms with van der Waals surface area (Å²) in [5, 5.41) is 0. The fourth-order valence-electron chi connectivity index (χ4n) is 0.154. The standard InChI is InChI=1S/C4H6BrClO/c1-2-3(7)4(5)6/h4H,2H2,1H3. The Kier molecular flexibility index (Phi) is 3.66. The fourth-order valence-corrected chi connectivity index (χ4v) is 0.632. The Morgan fingerprint density at radius 3 is 2.43 bits per heavy atom. The summed E-state index contributed by atoms with van der Waals surface area (Å²) in [7, 11) is 0. The predicted octanol–water partition coefficient (Wildman–Crippen LogP) is 1.93. The maximum atomic E-state index is 10.3. The maximum Gasteiger partial charge on any atom is 0.161 e. The number of alkyl halides is 2. The van der Waals surface area contributed by atoms with Crippen molar-refractivity contribution in [2.24, 2.45) is 0 Å². The lowest BCUT2D eigenvalue weighted by atomic mass is 10.4. The molecule has 3 heteroatoms. The predicted molar refractivity (Wildman–Crippen MR) is 33.9 cm³/mol. The van der Waals surface area contributed by atoms with Gasteiger partial charge in [0.25, 0.3) is 0 Å². The molecule has 0 spiro atoms.